The van der Waals surface area contributed by atoms with Crippen molar-refractivity contribution in [3.05, 3.63) is 45.2 Å². The fraction of sp³-hybridized carbons (Fsp3) is 0.500. The lowest BCUT2D eigenvalue weighted by Crippen LogP contribution is -2.50. The van der Waals surface area contributed by atoms with Crippen molar-refractivity contribution in [2.24, 2.45) is 0 Å². The second-order valence-electron chi connectivity index (χ2n) is 9.24. The second-order valence-corrected chi connectivity index (χ2v) is 9.24. The van der Waals surface area contributed by atoms with Crippen molar-refractivity contribution in [3.63, 3.8) is 0 Å². The Hall–Kier alpha value is -3.00. The number of carbonyl (C=O) groups is 1. The first-order valence-electron chi connectivity index (χ1n) is 11.1. The van der Waals surface area contributed by atoms with Gasteiger partial charge in [-0.1, -0.05) is 0 Å². The standard InChI is InChI=1S/C24H28N2O6/c1-24(2)7-5-17-15-11-20(31-9-4-8-30-3)22-14(6-10-32-22)21(15)18-12-19(27)16(23(28)29)13-25(18)26(17)24/h11-13,17H,4-10H2,1-3H3,(H,28,29). The molecule has 0 bridgehead atoms. The van der Waals surface area contributed by atoms with Crippen LogP contribution in [0.15, 0.2) is 23.1 Å². The molecule has 1 saturated heterocycles. The highest BCUT2D eigenvalue weighted by Gasteiger charge is 2.46. The molecule has 5 rings (SSSR count). The molecule has 0 spiro atoms. The predicted molar refractivity (Wildman–Crippen MR) is 119 cm³/mol. The molecule has 3 aliphatic heterocycles. The lowest BCUT2D eigenvalue weighted by molar-refractivity contribution is 0.0694. The third-order valence-corrected chi connectivity index (χ3v) is 6.78. The maximum Gasteiger partial charge on any atom is 0.341 e. The van der Waals surface area contributed by atoms with Crippen LogP contribution in [0.4, 0.5) is 0 Å². The molecule has 1 aromatic carbocycles. The lowest BCUT2D eigenvalue weighted by Gasteiger charge is -2.45. The minimum atomic E-state index is -1.21. The summed E-state index contributed by atoms with van der Waals surface area (Å²) >= 11 is 0. The molecule has 0 saturated carbocycles. The molecule has 8 heteroatoms. The number of carboxylic acid groups (broad SMARTS) is 1. The maximum atomic E-state index is 12.7. The quantitative estimate of drug-likeness (QED) is 0.690. The van der Waals surface area contributed by atoms with E-state index in [1.54, 1.807) is 7.11 Å². The fourth-order valence-corrected chi connectivity index (χ4v) is 5.35. The van der Waals surface area contributed by atoms with E-state index in [0.29, 0.717) is 25.5 Å². The van der Waals surface area contributed by atoms with Crippen molar-refractivity contribution in [3.8, 4) is 22.8 Å². The van der Waals surface area contributed by atoms with Gasteiger partial charge >= 0.3 is 5.97 Å². The van der Waals surface area contributed by atoms with Crippen LogP contribution in [0.2, 0.25) is 0 Å². The number of fused-ring (bicyclic) bond motifs is 8. The van der Waals surface area contributed by atoms with Crippen molar-refractivity contribution in [2.45, 2.75) is 51.1 Å². The zero-order chi connectivity index (χ0) is 22.6. The van der Waals surface area contributed by atoms with E-state index < -0.39 is 11.4 Å². The molecule has 1 N–H and O–H groups in total. The molecule has 4 heterocycles. The molecule has 2 aromatic rings. The van der Waals surface area contributed by atoms with E-state index in [0.717, 1.165) is 53.9 Å². The molecular weight excluding hydrogens is 412 g/mol. The van der Waals surface area contributed by atoms with E-state index in [9.17, 15) is 14.7 Å². The third-order valence-electron chi connectivity index (χ3n) is 6.78. The number of aromatic nitrogens is 1. The molecule has 3 aliphatic rings. The second kappa shape index (κ2) is 7.55. The third kappa shape index (κ3) is 3.08. The van der Waals surface area contributed by atoms with Gasteiger partial charge in [0.25, 0.3) is 0 Å². The summed E-state index contributed by atoms with van der Waals surface area (Å²) in [5.41, 5.74) is 2.94. The van der Waals surface area contributed by atoms with Crippen molar-refractivity contribution < 1.29 is 24.1 Å². The van der Waals surface area contributed by atoms with Gasteiger partial charge in [0.15, 0.2) is 16.9 Å². The van der Waals surface area contributed by atoms with E-state index in [-0.39, 0.29) is 17.1 Å². The van der Waals surface area contributed by atoms with Gasteiger partial charge < -0.3 is 19.3 Å². The summed E-state index contributed by atoms with van der Waals surface area (Å²) in [5, 5.41) is 11.8. The Balaban J connectivity index is 1.72. The van der Waals surface area contributed by atoms with Crippen LogP contribution in [0.25, 0.3) is 11.3 Å². The summed E-state index contributed by atoms with van der Waals surface area (Å²) in [6.45, 7) is 6.01. The Morgan fingerprint density at radius 3 is 2.88 bits per heavy atom. The fourth-order valence-electron chi connectivity index (χ4n) is 5.35. The average molecular weight is 440 g/mol. The summed E-state index contributed by atoms with van der Waals surface area (Å²) in [6, 6.07) is 3.58. The van der Waals surface area contributed by atoms with Crippen molar-refractivity contribution >= 4 is 5.97 Å². The van der Waals surface area contributed by atoms with Crippen LogP contribution in [0, 0.1) is 0 Å². The number of aromatic carboxylic acids is 1. The van der Waals surface area contributed by atoms with E-state index in [1.165, 1.54) is 12.3 Å². The van der Waals surface area contributed by atoms with E-state index >= 15 is 0 Å². The minimum absolute atomic E-state index is 0.0591. The van der Waals surface area contributed by atoms with Gasteiger partial charge in [0, 0.05) is 49.9 Å². The number of carboxylic acids is 1. The number of benzene rings is 1. The summed E-state index contributed by atoms with van der Waals surface area (Å²) in [7, 11) is 1.67. The molecule has 8 nitrogen and oxygen atoms in total. The number of ether oxygens (including phenoxy) is 3. The highest BCUT2D eigenvalue weighted by Crippen LogP contribution is 2.53. The van der Waals surface area contributed by atoms with E-state index in [1.807, 2.05) is 4.68 Å². The van der Waals surface area contributed by atoms with Crippen molar-refractivity contribution in [2.75, 3.05) is 31.9 Å². The topological polar surface area (TPSA) is 90.2 Å². The van der Waals surface area contributed by atoms with Crippen molar-refractivity contribution in [1.82, 2.24) is 4.68 Å². The van der Waals surface area contributed by atoms with Crippen LogP contribution in [0.1, 0.15) is 60.6 Å². The zero-order valence-electron chi connectivity index (χ0n) is 18.6. The number of hydrogen-bond donors (Lipinski definition) is 1. The number of methoxy groups -OCH3 is 1. The Morgan fingerprint density at radius 1 is 1.31 bits per heavy atom. The highest BCUT2D eigenvalue weighted by atomic mass is 16.5. The molecule has 1 aromatic heterocycles. The first kappa shape index (κ1) is 20.9. The number of hydrogen-bond acceptors (Lipinski definition) is 6. The van der Waals surface area contributed by atoms with Gasteiger partial charge in [-0.05, 0) is 38.3 Å². The molecule has 0 radical (unpaired) electrons. The van der Waals surface area contributed by atoms with Crippen molar-refractivity contribution in [1.29, 1.82) is 0 Å². The first-order valence-corrected chi connectivity index (χ1v) is 11.1. The smallest absolute Gasteiger partial charge is 0.341 e. The van der Waals surface area contributed by atoms with E-state index in [4.69, 9.17) is 14.2 Å². The monoisotopic (exact) mass is 440 g/mol. The Morgan fingerprint density at radius 2 is 2.12 bits per heavy atom. The van der Waals surface area contributed by atoms with Gasteiger partial charge in [-0.2, -0.15) is 0 Å². The molecule has 1 atom stereocenters. The van der Waals surface area contributed by atoms with Crippen LogP contribution in [-0.4, -0.2) is 48.2 Å². The number of nitrogens with zero attached hydrogens (tertiary/aromatic N) is 2. The predicted octanol–water partition coefficient (Wildman–Crippen LogP) is 3.13. The molecule has 32 heavy (non-hydrogen) atoms. The minimum Gasteiger partial charge on any atom is -0.490 e. The summed E-state index contributed by atoms with van der Waals surface area (Å²) in [4.78, 5) is 24.4. The van der Waals surface area contributed by atoms with Crippen LogP contribution in [-0.2, 0) is 11.2 Å². The van der Waals surface area contributed by atoms with Gasteiger partial charge in [-0.25, -0.2) is 4.79 Å². The summed E-state index contributed by atoms with van der Waals surface area (Å²) in [6.07, 6.45) is 4.86. The Labute approximate surface area is 186 Å². The summed E-state index contributed by atoms with van der Waals surface area (Å²) in [5.74, 6) is 0.251. The number of rotatable bonds is 6. The van der Waals surface area contributed by atoms with Gasteiger partial charge in [-0.3, -0.25) is 14.5 Å². The highest BCUT2D eigenvalue weighted by molar-refractivity contribution is 5.88. The molecule has 170 valence electrons. The molecule has 0 aliphatic carbocycles. The largest absolute Gasteiger partial charge is 0.490 e. The van der Waals surface area contributed by atoms with Gasteiger partial charge in [-0.15, -0.1) is 0 Å². The Kier molecular flexibility index (Phi) is 4.93. The molecule has 0 amide bonds. The zero-order valence-corrected chi connectivity index (χ0v) is 18.6. The lowest BCUT2D eigenvalue weighted by atomic mass is 9.89. The van der Waals surface area contributed by atoms with Crippen LogP contribution in [0.3, 0.4) is 0 Å². The Bertz CT molecular complexity index is 1150. The SMILES string of the molecule is COCCCOc1cc2c(c3c1OCC3)-c1cc(=O)c(C(=O)O)cn1N1C2CCC1(C)C. The molecule has 1 unspecified atom stereocenters. The van der Waals surface area contributed by atoms with E-state index in [2.05, 4.69) is 24.9 Å². The maximum absolute atomic E-state index is 12.7. The van der Waals surface area contributed by atoms with Crippen LogP contribution in [0.5, 0.6) is 11.5 Å². The first-order chi connectivity index (χ1) is 15.3. The van der Waals surface area contributed by atoms with Gasteiger partial charge in [0.2, 0.25) is 0 Å². The average Bonchev–Trinajstić information content (AvgIpc) is 3.35. The summed E-state index contributed by atoms with van der Waals surface area (Å²) < 4.78 is 19.1. The molecular formula is C24H28N2O6. The van der Waals surface area contributed by atoms with Crippen LogP contribution < -0.4 is 19.9 Å². The van der Waals surface area contributed by atoms with Gasteiger partial charge in [0.05, 0.1) is 30.5 Å². The number of pyridine rings is 1. The van der Waals surface area contributed by atoms with Gasteiger partial charge in [0.1, 0.15) is 5.56 Å². The normalized spacial score (nSPS) is 19.6. The van der Waals surface area contributed by atoms with Crippen LogP contribution >= 0.6 is 0 Å². The molecule has 1 fully saturated rings.